The molecule has 5 rings (SSSR count). The second-order valence-corrected chi connectivity index (χ2v) is 8.54. The monoisotopic (exact) mass is 431 g/mol. The summed E-state index contributed by atoms with van der Waals surface area (Å²) in [5.74, 6) is 0.00925. The van der Waals surface area contributed by atoms with Crippen molar-refractivity contribution in [2.45, 2.75) is 0 Å². The molecule has 0 amide bonds. The van der Waals surface area contributed by atoms with E-state index in [1.807, 2.05) is 42.5 Å². The summed E-state index contributed by atoms with van der Waals surface area (Å²) in [6.07, 6.45) is 3.54. The lowest BCUT2D eigenvalue weighted by atomic mass is 10.1. The molecule has 1 aromatic heterocycles. The Bertz CT molecular complexity index is 1390. The molecule has 4 aromatic carbocycles. The Morgan fingerprint density at radius 2 is 1.34 bits per heavy atom. The van der Waals surface area contributed by atoms with Gasteiger partial charge in [0.25, 0.3) is 0 Å². The normalized spacial score (nSPS) is 11.1. The summed E-state index contributed by atoms with van der Waals surface area (Å²) in [6, 6.07) is 38.8. The van der Waals surface area contributed by atoms with E-state index in [-0.39, 0.29) is 5.78 Å². The smallest absolute Gasteiger partial charge is 0.185 e. The van der Waals surface area contributed by atoms with Gasteiger partial charge in [0.05, 0.1) is 0 Å². The van der Waals surface area contributed by atoms with E-state index >= 15 is 0 Å². The van der Waals surface area contributed by atoms with Crippen LogP contribution in [0.2, 0.25) is 0 Å². The van der Waals surface area contributed by atoms with Crippen LogP contribution in [-0.4, -0.2) is 5.78 Å². The second-order valence-electron chi connectivity index (χ2n) is 7.44. The van der Waals surface area contributed by atoms with Crippen molar-refractivity contribution in [1.82, 2.24) is 0 Å². The van der Waals surface area contributed by atoms with Gasteiger partial charge in [-0.15, -0.1) is 11.3 Å². The Labute approximate surface area is 191 Å². The summed E-state index contributed by atoms with van der Waals surface area (Å²) in [5, 5.41) is 3.52. The van der Waals surface area contributed by atoms with Gasteiger partial charge in [-0.1, -0.05) is 78.9 Å². The lowest BCUT2D eigenvalue weighted by molar-refractivity contribution is 0.104. The predicted molar refractivity (Wildman–Crippen MR) is 136 cm³/mol. The number of rotatable bonds is 6. The number of thiophene rings is 1. The molecule has 0 aliphatic rings. The van der Waals surface area contributed by atoms with E-state index in [2.05, 4.69) is 83.8 Å². The van der Waals surface area contributed by atoms with Crippen molar-refractivity contribution in [2.24, 2.45) is 0 Å². The molecule has 3 heteroatoms. The molecule has 0 bridgehead atoms. The zero-order chi connectivity index (χ0) is 21.8. The van der Waals surface area contributed by atoms with E-state index in [0.29, 0.717) is 5.56 Å². The van der Waals surface area contributed by atoms with Crippen molar-refractivity contribution < 1.29 is 4.79 Å². The molecule has 0 radical (unpaired) electrons. The van der Waals surface area contributed by atoms with Crippen LogP contribution in [0, 0.1) is 0 Å². The molecule has 0 saturated heterocycles. The Kier molecular flexibility index (Phi) is 5.65. The number of benzene rings is 4. The molecule has 0 N–H and O–H groups in total. The molecule has 0 fully saturated rings. The van der Waals surface area contributed by atoms with Gasteiger partial charge < -0.3 is 4.90 Å². The highest BCUT2D eigenvalue weighted by Crippen LogP contribution is 2.40. The summed E-state index contributed by atoms with van der Waals surface area (Å²) >= 11 is 1.66. The van der Waals surface area contributed by atoms with Gasteiger partial charge in [0.2, 0.25) is 0 Å². The zero-order valence-corrected chi connectivity index (χ0v) is 18.2. The third kappa shape index (κ3) is 4.25. The van der Waals surface area contributed by atoms with Crippen LogP contribution in [0.4, 0.5) is 16.4 Å². The van der Waals surface area contributed by atoms with Gasteiger partial charge in [-0.25, -0.2) is 0 Å². The van der Waals surface area contributed by atoms with Crippen LogP contribution in [0.15, 0.2) is 121 Å². The first kappa shape index (κ1) is 20.0. The fraction of sp³-hybridized carbons (Fsp3) is 0. The van der Waals surface area contributed by atoms with Crippen LogP contribution in [0.25, 0.3) is 16.8 Å². The highest BCUT2D eigenvalue weighted by atomic mass is 32.1. The van der Waals surface area contributed by atoms with Gasteiger partial charge in [-0.05, 0) is 59.3 Å². The van der Waals surface area contributed by atoms with Gasteiger partial charge in [0, 0.05) is 21.8 Å². The average molecular weight is 432 g/mol. The van der Waals surface area contributed by atoms with Gasteiger partial charge in [0.15, 0.2) is 5.78 Å². The third-order valence-corrected chi connectivity index (χ3v) is 6.33. The second kappa shape index (κ2) is 9.04. The maximum Gasteiger partial charge on any atom is 0.185 e. The predicted octanol–water partition coefficient (Wildman–Crippen LogP) is 8.27. The van der Waals surface area contributed by atoms with Crippen molar-refractivity contribution in [3.63, 3.8) is 0 Å². The number of carbonyl (C=O) groups excluding carboxylic acids is 1. The minimum atomic E-state index is 0.00925. The Morgan fingerprint density at radius 3 is 2.12 bits per heavy atom. The lowest BCUT2D eigenvalue weighted by Gasteiger charge is -2.24. The van der Waals surface area contributed by atoms with Crippen LogP contribution >= 0.6 is 11.3 Å². The van der Waals surface area contributed by atoms with Crippen LogP contribution in [-0.2, 0) is 0 Å². The van der Waals surface area contributed by atoms with E-state index < -0.39 is 0 Å². The summed E-state index contributed by atoms with van der Waals surface area (Å²) < 4.78 is 0. The average Bonchev–Trinajstić information content (AvgIpc) is 3.32. The number of nitrogens with zero attached hydrogens (tertiary/aromatic N) is 1. The number of fused-ring (bicyclic) bond motifs is 1. The fourth-order valence-corrected chi connectivity index (χ4v) is 4.66. The first-order valence-electron chi connectivity index (χ1n) is 10.5. The minimum absolute atomic E-state index is 0.00925. The topological polar surface area (TPSA) is 20.3 Å². The van der Waals surface area contributed by atoms with Crippen molar-refractivity contribution >= 4 is 50.3 Å². The van der Waals surface area contributed by atoms with Gasteiger partial charge in [-0.3, -0.25) is 4.79 Å². The SMILES string of the molecule is O=C(C=Cc1ccc(N(c2ccccc2)c2ccc3ccccc3c2)s1)c1ccccc1. The van der Waals surface area contributed by atoms with E-state index in [1.165, 1.54) is 10.8 Å². The summed E-state index contributed by atoms with van der Waals surface area (Å²) in [5.41, 5.74) is 2.90. The standard InChI is InChI=1S/C29H21NOS/c31-28(23-10-3-1-4-11-23)19-17-27-18-20-29(32-27)30(25-13-5-2-6-14-25)26-16-15-22-9-7-8-12-24(22)21-26/h1-21H. The fourth-order valence-electron chi connectivity index (χ4n) is 3.70. The maximum absolute atomic E-state index is 12.4. The van der Waals surface area contributed by atoms with E-state index in [0.717, 1.165) is 21.3 Å². The Balaban J connectivity index is 1.49. The molecule has 0 aliphatic carbocycles. The molecular formula is C29H21NOS. The molecule has 0 spiro atoms. The summed E-state index contributed by atoms with van der Waals surface area (Å²) in [4.78, 5) is 15.7. The molecule has 5 aromatic rings. The summed E-state index contributed by atoms with van der Waals surface area (Å²) in [7, 11) is 0. The number of carbonyl (C=O) groups is 1. The number of para-hydroxylation sites is 1. The molecule has 154 valence electrons. The van der Waals surface area contributed by atoms with Crippen LogP contribution < -0.4 is 4.90 Å². The van der Waals surface area contributed by atoms with E-state index in [1.54, 1.807) is 17.4 Å². The number of hydrogen-bond acceptors (Lipinski definition) is 3. The first-order chi connectivity index (χ1) is 15.8. The quantitative estimate of drug-likeness (QED) is 0.199. The molecule has 0 saturated carbocycles. The van der Waals surface area contributed by atoms with E-state index in [9.17, 15) is 4.79 Å². The number of allylic oxidation sites excluding steroid dienone is 1. The van der Waals surface area contributed by atoms with Crippen molar-refractivity contribution in [2.75, 3.05) is 4.90 Å². The number of anilines is 3. The largest absolute Gasteiger partial charge is 0.302 e. The Morgan fingerprint density at radius 1 is 0.656 bits per heavy atom. The Hall–Kier alpha value is -3.95. The minimum Gasteiger partial charge on any atom is -0.302 e. The van der Waals surface area contributed by atoms with Crippen molar-refractivity contribution in [3.8, 4) is 0 Å². The van der Waals surface area contributed by atoms with Gasteiger partial charge >= 0.3 is 0 Å². The number of ketones is 1. The van der Waals surface area contributed by atoms with Crippen LogP contribution in [0.5, 0.6) is 0 Å². The molecule has 0 unspecified atom stereocenters. The zero-order valence-electron chi connectivity index (χ0n) is 17.4. The first-order valence-corrected chi connectivity index (χ1v) is 11.3. The molecule has 2 nitrogen and oxygen atoms in total. The third-order valence-electron chi connectivity index (χ3n) is 5.30. The van der Waals surface area contributed by atoms with Crippen molar-refractivity contribution in [1.29, 1.82) is 0 Å². The highest BCUT2D eigenvalue weighted by molar-refractivity contribution is 7.17. The molecule has 0 atom stereocenters. The molecule has 1 heterocycles. The van der Waals surface area contributed by atoms with Gasteiger partial charge in [-0.2, -0.15) is 0 Å². The number of hydrogen-bond donors (Lipinski definition) is 0. The van der Waals surface area contributed by atoms with Crippen LogP contribution in [0.1, 0.15) is 15.2 Å². The maximum atomic E-state index is 12.4. The molecule has 32 heavy (non-hydrogen) atoms. The summed E-state index contributed by atoms with van der Waals surface area (Å²) in [6.45, 7) is 0. The lowest BCUT2D eigenvalue weighted by Crippen LogP contribution is -2.07. The van der Waals surface area contributed by atoms with Crippen molar-refractivity contribution in [3.05, 3.63) is 132 Å². The van der Waals surface area contributed by atoms with Crippen LogP contribution in [0.3, 0.4) is 0 Å². The van der Waals surface area contributed by atoms with Gasteiger partial charge in [0.1, 0.15) is 5.00 Å². The molecule has 0 aliphatic heterocycles. The molecular weight excluding hydrogens is 410 g/mol. The highest BCUT2D eigenvalue weighted by Gasteiger charge is 2.14. The van der Waals surface area contributed by atoms with E-state index in [4.69, 9.17) is 0 Å².